The lowest BCUT2D eigenvalue weighted by Gasteiger charge is -2.23. The number of hydrogen-bond donors (Lipinski definition) is 2. The maximum Gasteiger partial charge on any atom is 0.431 e. The third-order valence-electron chi connectivity index (χ3n) is 3.94. The van der Waals surface area contributed by atoms with Gasteiger partial charge in [0.05, 0.1) is 6.42 Å². The number of halogens is 3. The van der Waals surface area contributed by atoms with E-state index in [-0.39, 0.29) is 0 Å². The van der Waals surface area contributed by atoms with E-state index in [0.29, 0.717) is 5.56 Å². The van der Waals surface area contributed by atoms with Crippen molar-refractivity contribution in [2.45, 2.75) is 18.3 Å². The summed E-state index contributed by atoms with van der Waals surface area (Å²) in [7, 11) is 3.85. The molecule has 1 aliphatic rings. The van der Waals surface area contributed by atoms with Crippen LogP contribution in [-0.4, -0.2) is 31.1 Å². The zero-order valence-electron chi connectivity index (χ0n) is 12.6. The topological polar surface area (TPSA) is 47.9 Å². The molecule has 3 rings (SSSR count). The minimum absolute atomic E-state index is 0.352. The first-order chi connectivity index (χ1) is 10.7. The summed E-state index contributed by atoms with van der Waals surface area (Å²) >= 11 is 0. The second-order valence-corrected chi connectivity index (χ2v) is 5.85. The molecule has 122 valence electrons. The van der Waals surface area contributed by atoms with E-state index in [1.165, 1.54) is 0 Å². The van der Waals surface area contributed by atoms with Crippen LogP contribution in [0.2, 0.25) is 0 Å². The summed E-state index contributed by atoms with van der Waals surface area (Å²) in [6.45, 7) is 0. The summed E-state index contributed by atoms with van der Waals surface area (Å²) in [6, 6.07) is 10.8. The van der Waals surface area contributed by atoms with Crippen LogP contribution < -0.4 is 10.3 Å². The average Bonchev–Trinajstić information content (AvgIpc) is 2.90. The van der Waals surface area contributed by atoms with Crippen molar-refractivity contribution < 1.29 is 18.3 Å². The van der Waals surface area contributed by atoms with Gasteiger partial charge in [0.1, 0.15) is 5.71 Å². The predicted molar refractivity (Wildman–Crippen MR) is 83.4 cm³/mol. The average molecular weight is 323 g/mol. The van der Waals surface area contributed by atoms with E-state index in [1.54, 1.807) is 18.2 Å². The molecule has 2 N–H and O–H groups in total. The fourth-order valence-corrected chi connectivity index (χ4v) is 2.58. The minimum Gasteiger partial charge on any atom is -0.378 e. The summed E-state index contributed by atoms with van der Waals surface area (Å²) in [6.07, 6.45) is -5.16. The Balaban J connectivity index is 1.94. The van der Waals surface area contributed by atoms with Crippen LogP contribution in [0.4, 0.5) is 18.9 Å². The molecule has 1 aliphatic heterocycles. The van der Waals surface area contributed by atoms with Gasteiger partial charge in [-0.3, -0.25) is 5.43 Å². The molecule has 0 bridgehead atoms. The summed E-state index contributed by atoms with van der Waals surface area (Å²) in [5.41, 5.74) is 0.742. The first-order valence-electron chi connectivity index (χ1n) is 7.04. The molecule has 0 radical (unpaired) electrons. The summed E-state index contributed by atoms with van der Waals surface area (Å²) < 4.78 is 38.1. The highest BCUT2D eigenvalue weighted by Gasteiger charge is 2.46. The molecule has 0 aromatic heterocycles. The zero-order valence-corrected chi connectivity index (χ0v) is 12.6. The molecule has 0 fully saturated rings. The highest BCUT2D eigenvalue weighted by Crippen LogP contribution is 2.34. The van der Waals surface area contributed by atoms with Crippen molar-refractivity contribution in [2.24, 2.45) is 5.10 Å². The van der Waals surface area contributed by atoms with Gasteiger partial charge in [-0.15, -0.1) is 0 Å². The van der Waals surface area contributed by atoms with Gasteiger partial charge in [0, 0.05) is 25.3 Å². The van der Waals surface area contributed by atoms with Crippen molar-refractivity contribution in [1.82, 2.24) is 5.43 Å². The van der Waals surface area contributed by atoms with Gasteiger partial charge in [0.2, 0.25) is 0 Å². The third-order valence-corrected chi connectivity index (χ3v) is 3.94. The van der Waals surface area contributed by atoms with Gasteiger partial charge < -0.3 is 10.0 Å². The number of aliphatic hydroxyl groups is 1. The van der Waals surface area contributed by atoms with Crippen LogP contribution >= 0.6 is 0 Å². The van der Waals surface area contributed by atoms with E-state index in [0.717, 1.165) is 16.5 Å². The first kappa shape index (κ1) is 15.6. The lowest BCUT2D eigenvalue weighted by Crippen LogP contribution is -2.36. The molecule has 0 amide bonds. The Morgan fingerprint density at radius 3 is 2.39 bits per heavy atom. The molecule has 1 atom stereocenters. The third kappa shape index (κ3) is 2.84. The van der Waals surface area contributed by atoms with Crippen molar-refractivity contribution in [3.63, 3.8) is 0 Å². The van der Waals surface area contributed by atoms with Gasteiger partial charge in [-0.05, 0) is 29.0 Å². The van der Waals surface area contributed by atoms with Gasteiger partial charge in [-0.2, -0.15) is 18.3 Å². The Hall–Kier alpha value is -2.28. The smallest absolute Gasteiger partial charge is 0.378 e. The molecule has 0 saturated carbocycles. The second-order valence-electron chi connectivity index (χ2n) is 5.85. The Kier molecular flexibility index (Phi) is 3.48. The van der Waals surface area contributed by atoms with Gasteiger partial charge in [-0.25, -0.2) is 0 Å². The highest BCUT2D eigenvalue weighted by molar-refractivity contribution is 5.92. The predicted octanol–water partition coefficient (Wildman–Crippen LogP) is 2.96. The summed E-state index contributed by atoms with van der Waals surface area (Å²) in [4.78, 5) is 1.96. The second kappa shape index (κ2) is 5.13. The number of rotatable bonds is 2. The number of nitrogens with zero attached hydrogens (tertiary/aromatic N) is 2. The standard InChI is InChI=1S/C16H16F3N3O/c1-22(2)13-6-4-10-7-12(5-3-11(10)8-13)15(23)9-14(20-21-15)16(17,18)19/h3-8,21,23H,9H2,1-2H3. The van der Waals surface area contributed by atoms with Gasteiger partial charge in [0.25, 0.3) is 0 Å². The molecule has 0 saturated heterocycles. The molecule has 4 nitrogen and oxygen atoms in total. The number of alkyl halides is 3. The summed E-state index contributed by atoms with van der Waals surface area (Å²) in [5.74, 6) is 0. The quantitative estimate of drug-likeness (QED) is 0.893. The fourth-order valence-electron chi connectivity index (χ4n) is 2.58. The molecule has 2 aromatic rings. The molecule has 2 aromatic carbocycles. The number of benzene rings is 2. The number of hydrazone groups is 1. The first-order valence-corrected chi connectivity index (χ1v) is 7.04. The Bertz CT molecular complexity index is 786. The van der Waals surface area contributed by atoms with E-state index in [9.17, 15) is 18.3 Å². The number of nitrogens with one attached hydrogen (secondary N) is 1. The van der Waals surface area contributed by atoms with Gasteiger partial charge in [0.15, 0.2) is 5.72 Å². The molecule has 0 spiro atoms. The maximum atomic E-state index is 12.7. The van der Waals surface area contributed by atoms with Crippen molar-refractivity contribution in [3.8, 4) is 0 Å². The van der Waals surface area contributed by atoms with E-state index in [4.69, 9.17) is 0 Å². The van der Waals surface area contributed by atoms with Crippen LogP contribution in [0, 0.1) is 0 Å². The van der Waals surface area contributed by atoms with Crippen molar-refractivity contribution in [3.05, 3.63) is 42.0 Å². The lowest BCUT2D eigenvalue weighted by atomic mass is 9.95. The van der Waals surface area contributed by atoms with Crippen LogP contribution in [0.25, 0.3) is 10.8 Å². The van der Waals surface area contributed by atoms with Crippen LogP contribution in [0.1, 0.15) is 12.0 Å². The molecular formula is C16H16F3N3O. The monoisotopic (exact) mass is 323 g/mol. The number of anilines is 1. The van der Waals surface area contributed by atoms with Crippen LogP contribution in [-0.2, 0) is 5.72 Å². The maximum absolute atomic E-state index is 12.7. The van der Waals surface area contributed by atoms with Crippen LogP contribution in [0.15, 0.2) is 41.5 Å². The van der Waals surface area contributed by atoms with Crippen LogP contribution in [0.5, 0.6) is 0 Å². The van der Waals surface area contributed by atoms with Gasteiger partial charge >= 0.3 is 6.18 Å². The molecule has 0 aliphatic carbocycles. The van der Waals surface area contributed by atoms with Gasteiger partial charge in [-0.1, -0.05) is 18.2 Å². The summed E-state index contributed by atoms with van der Waals surface area (Å²) in [5, 5.41) is 15.5. The Morgan fingerprint density at radius 1 is 1.13 bits per heavy atom. The zero-order chi connectivity index (χ0) is 16.8. The van der Waals surface area contributed by atoms with E-state index in [2.05, 4.69) is 10.5 Å². The number of hydrogen-bond acceptors (Lipinski definition) is 4. The van der Waals surface area contributed by atoms with Crippen molar-refractivity contribution >= 4 is 22.2 Å². The number of fused-ring (bicyclic) bond motifs is 1. The largest absolute Gasteiger partial charge is 0.431 e. The molecule has 23 heavy (non-hydrogen) atoms. The highest BCUT2D eigenvalue weighted by atomic mass is 19.4. The minimum atomic E-state index is -4.55. The van der Waals surface area contributed by atoms with E-state index >= 15 is 0 Å². The van der Waals surface area contributed by atoms with E-state index < -0.39 is 24.0 Å². The Labute approximate surface area is 131 Å². The lowest BCUT2D eigenvalue weighted by molar-refractivity contribution is -0.0630. The van der Waals surface area contributed by atoms with Crippen LogP contribution in [0.3, 0.4) is 0 Å². The normalized spacial score (nSPS) is 21.2. The Morgan fingerprint density at radius 2 is 1.78 bits per heavy atom. The van der Waals surface area contributed by atoms with E-state index in [1.807, 2.05) is 37.2 Å². The SMILES string of the molecule is CN(C)c1ccc2cc(C3(O)CC(C(F)(F)F)=NN3)ccc2c1. The van der Waals surface area contributed by atoms with Crippen molar-refractivity contribution in [1.29, 1.82) is 0 Å². The molecule has 1 unspecified atom stereocenters. The fraction of sp³-hybridized carbons (Fsp3) is 0.312. The van der Waals surface area contributed by atoms with Crippen molar-refractivity contribution in [2.75, 3.05) is 19.0 Å². The molecule has 1 heterocycles. The molecular weight excluding hydrogens is 307 g/mol. The molecule has 7 heteroatoms.